The van der Waals surface area contributed by atoms with Gasteiger partial charge >= 0.3 is 0 Å². The van der Waals surface area contributed by atoms with E-state index in [1.807, 2.05) is 24.3 Å². The number of benzene rings is 1. The maximum Gasteiger partial charge on any atom is 0.251 e. The van der Waals surface area contributed by atoms with Gasteiger partial charge in [-0.1, -0.05) is 35.2 Å². The Bertz CT molecular complexity index is 955. The van der Waals surface area contributed by atoms with Crippen LogP contribution in [0.1, 0.15) is 15.9 Å². The van der Waals surface area contributed by atoms with Crippen LogP contribution in [0.2, 0.25) is 0 Å². The number of carbonyl (C=O) groups is 2. The highest BCUT2D eigenvalue weighted by atomic mass is 32.2. The zero-order valence-electron chi connectivity index (χ0n) is 14.8. The highest BCUT2D eigenvalue weighted by Crippen LogP contribution is 2.27. The lowest BCUT2D eigenvalue weighted by Crippen LogP contribution is -2.17. The number of methoxy groups -OCH3 is 1. The van der Waals surface area contributed by atoms with E-state index in [4.69, 9.17) is 10.5 Å². The number of thioether (sulfide) groups is 1. The van der Waals surface area contributed by atoms with Gasteiger partial charge in [0.2, 0.25) is 11.0 Å². The van der Waals surface area contributed by atoms with Gasteiger partial charge in [-0.25, -0.2) is 0 Å². The molecule has 0 bridgehead atoms. The Hall–Kier alpha value is -2.63. The number of primary amides is 1. The van der Waals surface area contributed by atoms with Crippen LogP contribution in [0.3, 0.4) is 0 Å². The Morgan fingerprint density at radius 2 is 2.00 bits per heavy atom. The van der Waals surface area contributed by atoms with E-state index in [0.717, 1.165) is 11.3 Å². The highest BCUT2D eigenvalue weighted by Gasteiger charge is 2.13. The average molecular weight is 436 g/mol. The molecule has 0 radical (unpaired) electrons. The molecule has 8 nitrogen and oxygen atoms in total. The van der Waals surface area contributed by atoms with Crippen molar-refractivity contribution in [1.29, 1.82) is 0 Å². The number of hydrogen-bond donors (Lipinski definition) is 3. The Labute approximate surface area is 173 Å². The fraction of sp³-hybridized carbons (Fsp3) is 0.176. The molecule has 2 amide bonds. The van der Waals surface area contributed by atoms with Gasteiger partial charge in [0.15, 0.2) is 4.34 Å². The first-order valence-electron chi connectivity index (χ1n) is 8.05. The molecule has 0 saturated carbocycles. The van der Waals surface area contributed by atoms with Crippen LogP contribution in [0.5, 0.6) is 5.75 Å². The van der Waals surface area contributed by atoms with Crippen molar-refractivity contribution in [2.24, 2.45) is 5.73 Å². The minimum atomic E-state index is -0.569. The van der Waals surface area contributed by atoms with Crippen LogP contribution in [-0.4, -0.2) is 34.9 Å². The van der Waals surface area contributed by atoms with Gasteiger partial charge in [-0.05, 0) is 29.1 Å². The number of hydrogen-bond acceptors (Lipinski definition) is 9. The van der Waals surface area contributed by atoms with Crippen LogP contribution in [0.25, 0.3) is 0 Å². The standard InChI is InChI=1S/C17H17N5O3S3/c1-25-11-4-2-10(3-5-11)8-19-16-21-22-17(28-16)27-9-13(23)20-15-12(14(18)24)6-7-26-15/h2-7H,8-9H2,1H3,(H2,18,24)(H,19,21)(H,20,23). The molecule has 0 aliphatic heterocycles. The Kier molecular flexibility index (Phi) is 6.85. The van der Waals surface area contributed by atoms with E-state index in [9.17, 15) is 9.59 Å². The van der Waals surface area contributed by atoms with Crippen LogP contribution < -0.4 is 21.1 Å². The number of ether oxygens (including phenoxy) is 1. The molecule has 0 saturated heterocycles. The maximum atomic E-state index is 12.1. The summed E-state index contributed by atoms with van der Waals surface area (Å²) in [7, 11) is 1.63. The molecular formula is C17H17N5O3S3. The van der Waals surface area contributed by atoms with Crippen LogP contribution in [0.15, 0.2) is 40.1 Å². The minimum absolute atomic E-state index is 0.156. The summed E-state index contributed by atoms with van der Waals surface area (Å²) in [6, 6.07) is 9.32. The third-order valence-electron chi connectivity index (χ3n) is 3.52. The second-order valence-corrected chi connectivity index (χ2v) is 8.56. The van der Waals surface area contributed by atoms with Gasteiger partial charge in [-0.15, -0.1) is 21.5 Å². The second kappa shape index (κ2) is 9.53. The van der Waals surface area contributed by atoms with Crippen molar-refractivity contribution >= 4 is 56.4 Å². The molecule has 146 valence electrons. The molecule has 2 aromatic heterocycles. The summed E-state index contributed by atoms with van der Waals surface area (Å²) in [6.45, 7) is 0.609. The molecule has 0 aliphatic carbocycles. The Morgan fingerprint density at radius 3 is 2.71 bits per heavy atom. The lowest BCUT2D eigenvalue weighted by molar-refractivity contribution is -0.113. The number of amides is 2. The maximum absolute atomic E-state index is 12.1. The number of nitrogens with two attached hydrogens (primary N) is 1. The molecule has 3 aromatic rings. The SMILES string of the molecule is COc1ccc(CNc2nnc(SCC(=O)Nc3sccc3C(N)=O)s2)cc1. The number of rotatable bonds is 9. The van der Waals surface area contributed by atoms with Gasteiger partial charge in [-0.2, -0.15) is 0 Å². The second-order valence-electron chi connectivity index (χ2n) is 5.44. The lowest BCUT2D eigenvalue weighted by Gasteiger charge is -2.04. The van der Waals surface area contributed by atoms with E-state index in [2.05, 4.69) is 20.8 Å². The first-order chi connectivity index (χ1) is 13.5. The van der Waals surface area contributed by atoms with Crippen LogP contribution in [0.4, 0.5) is 10.1 Å². The molecule has 0 fully saturated rings. The Morgan fingerprint density at radius 1 is 1.21 bits per heavy atom. The molecule has 0 spiro atoms. The summed E-state index contributed by atoms with van der Waals surface area (Å²) in [5, 5.41) is 16.9. The topological polar surface area (TPSA) is 119 Å². The first-order valence-corrected chi connectivity index (χ1v) is 10.7. The summed E-state index contributed by atoms with van der Waals surface area (Å²) in [5.41, 5.74) is 6.67. The van der Waals surface area contributed by atoms with E-state index in [-0.39, 0.29) is 11.7 Å². The first kappa shape index (κ1) is 20.1. The number of nitrogens with one attached hydrogen (secondary N) is 2. The van der Waals surface area contributed by atoms with E-state index in [0.29, 0.717) is 26.6 Å². The van der Waals surface area contributed by atoms with Crippen molar-refractivity contribution in [2.75, 3.05) is 23.5 Å². The van der Waals surface area contributed by atoms with Gasteiger partial charge in [-0.3, -0.25) is 9.59 Å². The van der Waals surface area contributed by atoms with Crippen molar-refractivity contribution in [3.8, 4) is 5.75 Å². The summed E-state index contributed by atoms with van der Waals surface area (Å²) >= 11 is 3.90. The summed E-state index contributed by atoms with van der Waals surface area (Å²) in [6.07, 6.45) is 0. The number of anilines is 2. The van der Waals surface area contributed by atoms with Crippen LogP contribution >= 0.6 is 34.4 Å². The lowest BCUT2D eigenvalue weighted by atomic mass is 10.2. The molecule has 3 rings (SSSR count). The van der Waals surface area contributed by atoms with E-state index >= 15 is 0 Å². The quantitative estimate of drug-likeness (QED) is 0.442. The molecule has 28 heavy (non-hydrogen) atoms. The smallest absolute Gasteiger partial charge is 0.251 e. The van der Waals surface area contributed by atoms with Gasteiger partial charge < -0.3 is 21.1 Å². The molecule has 2 heterocycles. The average Bonchev–Trinajstić information content (AvgIpc) is 3.34. The van der Waals surface area contributed by atoms with E-state index in [1.54, 1.807) is 18.6 Å². The number of nitrogens with zero attached hydrogens (tertiary/aromatic N) is 2. The van der Waals surface area contributed by atoms with Crippen molar-refractivity contribution in [2.45, 2.75) is 10.9 Å². The minimum Gasteiger partial charge on any atom is -0.497 e. The summed E-state index contributed by atoms with van der Waals surface area (Å²) in [5.74, 6) is 0.157. The van der Waals surface area contributed by atoms with Gasteiger partial charge in [0.1, 0.15) is 10.8 Å². The monoisotopic (exact) mass is 435 g/mol. The third kappa shape index (κ3) is 5.44. The molecule has 0 atom stereocenters. The van der Waals surface area contributed by atoms with Crippen LogP contribution in [0, 0.1) is 0 Å². The van der Waals surface area contributed by atoms with Gasteiger partial charge in [0.25, 0.3) is 5.91 Å². The summed E-state index contributed by atoms with van der Waals surface area (Å²) in [4.78, 5) is 23.4. The molecule has 0 aliphatic rings. The summed E-state index contributed by atoms with van der Waals surface area (Å²) < 4.78 is 5.81. The molecular weight excluding hydrogens is 418 g/mol. The molecule has 1 aromatic carbocycles. The zero-order chi connectivity index (χ0) is 19.9. The van der Waals surface area contributed by atoms with Crippen LogP contribution in [-0.2, 0) is 11.3 Å². The Balaban J connectivity index is 1.46. The molecule has 0 unspecified atom stereocenters. The number of carbonyl (C=O) groups excluding carboxylic acids is 2. The van der Waals surface area contributed by atoms with Crippen molar-refractivity contribution in [3.05, 3.63) is 46.8 Å². The molecule has 11 heteroatoms. The largest absolute Gasteiger partial charge is 0.497 e. The predicted octanol–water partition coefficient (Wildman–Crippen LogP) is 3.05. The predicted molar refractivity (Wildman–Crippen MR) is 112 cm³/mol. The van der Waals surface area contributed by atoms with E-state index in [1.165, 1.54) is 34.4 Å². The van der Waals surface area contributed by atoms with Gasteiger partial charge in [0, 0.05) is 6.54 Å². The van der Waals surface area contributed by atoms with E-state index < -0.39 is 5.91 Å². The fourth-order valence-corrected chi connectivity index (χ4v) is 4.51. The highest BCUT2D eigenvalue weighted by molar-refractivity contribution is 8.01. The normalized spacial score (nSPS) is 10.5. The van der Waals surface area contributed by atoms with Crippen molar-refractivity contribution in [3.63, 3.8) is 0 Å². The number of thiophene rings is 1. The van der Waals surface area contributed by atoms with Crippen molar-refractivity contribution in [1.82, 2.24) is 10.2 Å². The van der Waals surface area contributed by atoms with Crippen molar-refractivity contribution < 1.29 is 14.3 Å². The fourth-order valence-electron chi connectivity index (χ4n) is 2.15. The third-order valence-corrected chi connectivity index (χ3v) is 6.36. The van der Waals surface area contributed by atoms with Gasteiger partial charge in [0.05, 0.1) is 18.4 Å². The number of aromatic nitrogens is 2. The molecule has 4 N–H and O–H groups in total. The zero-order valence-corrected chi connectivity index (χ0v) is 17.2.